The molecule has 0 fully saturated rings. The van der Waals surface area contributed by atoms with Gasteiger partial charge in [0, 0.05) is 58.3 Å². The Morgan fingerprint density at radius 2 is 1.17 bits per heavy atom. The van der Waals surface area contributed by atoms with Gasteiger partial charge in [0.15, 0.2) is 0 Å². The van der Waals surface area contributed by atoms with Gasteiger partial charge in [0.25, 0.3) is 0 Å². The molecule has 2 aromatic carbocycles. The first-order valence-electron chi connectivity index (χ1n) is 16.4. The Kier molecular flexibility index (Phi) is 11.3. The van der Waals surface area contributed by atoms with Gasteiger partial charge in [0.05, 0.1) is 11.4 Å². The van der Waals surface area contributed by atoms with Crippen molar-refractivity contribution in [3.8, 4) is 22.5 Å². The van der Waals surface area contributed by atoms with Crippen molar-refractivity contribution in [3.63, 3.8) is 0 Å². The van der Waals surface area contributed by atoms with Gasteiger partial charge >= 0.3 is 29.6 Å². The topological polar surface area (TPSA) is 83.0 Å². The molecule has 0 saturated carbocycles. The first-order valence-corrected chi connectivity index (χ1v) is 14.5. The van der Waals surface area contributed by atoms with Crippen LogP contribution in [0.3, 0.4) is 0 Å². The number of benzene rings is 2. The van der Waals surface area contributed by atoms with Crippen LogP contribution in [0, 0.1) is 27.6 Å². The van der Waals surface area contributed by atoms with Gasteiger partial charge in [-0.1, -0.05) is 80.4 Å². The molecule has 0 N–H and O–H groups in total. The van der Waals surface area contributed by atoms with Gasteiger partial charge < -0.3 is 5.11 Å². The maximum atomic E-state index is 10.1. The Morgan fingerprint density at radius 1 is 0.756 bits per heavy atom. The Balaban J connectivity index is 0.000000721. The molecular formula is C32H39Cl2N2NaO3S. The maximum Gasteiger partial charge on any atom is 1.00 e. The minimum Gasteiger partial charge on any atom is -0.850 e. The number of hydrogen-bond donors (Lipinski definition) is 0. The van der Waals surface area contributed by atoms with Crippen molar-refractivity contribution in [2.45, 2.75) is 53.9 Å². The molecule has 4 rings (SSSR count). The second-order valence-electron chi connectivity index (χ2n) is 9.70. The van der Waals surface area contributed by atoms with E-state index in [1.165, 1.54) is 24.4 Å². The van der Waals surface area contributed by atoms with Crippen molar-refractivity contribution in [3.05, 3.63) is 105 Å². The van der Waals surface area contributed by atoms with Crippen molar-refractivity contribution in [1.29, 1.82) is 0 Å². The number of nitrogens with zero attached hydrogens (tertiary/aromatic N) is 2. The fourth-order valence-corrected chi connectivity index (χ4v) is 2.99. The van der Waals surface area contributed by atoms with Gasteiger partial charge in [-0.2, -0.15) is 0 Å². The van der Waals surface area contributed by atoms with Gasteiger partial charge in [-0.3, -0.25) is 9.97 Å². The minimum absolute atomic E-state index is 0. The fraction of sp³-hybridized carbons (Fsp3) is 0.312. The monoisotopic (exact) mass is 633 g/mol. The van der Waals surface area contributed by atoms with E-state index in [1.807, 2.05) is 44.3 Å². The molecular weight excluding hydrogens is 586 g/mol. The SMILES string of the molecule is CC(C)(C)[O-].Cc1ccc(-c2ccc(C)c(Cl)c2)nc1.[2H]C([2H])([2H])S(C)(=O)=O.[2H]C([2H])([2H])c1ccc(-c2ccc(C([2H])([2H])[2H])c(Cl)c2)nc1.[Na+]. The normalized spacial score (nSPS) is 14.6. The van der Waals surface area contributed by atoms with E-state index in [9.17, 15) is 13.5 Å². The number of rotatable bonds is 2. The molecule has 0 atom stereocenters. The van der Waals surface area contributed by atoms with Crippen molar-refractivity contribution in [2.24, 2.45) is 0 Å². The van der Waals surface area contributed by atoms with Crippen LogP contribution in [0.2, 0.25) is 10.0 Å². The summed E-state index contributed by atoms with van der Waals surface area (Å²) >= 11 is 12.1. The number of aryl methyl sites for hydroxylation is 4. The predicted octanol–water partition coefficient (Wildman–Crippen LogP) is 4.85. The summed E-state index contributed by atoms with van der Waals surface area (Å²) in [6.45, 7) is 4.45. The third-order valence-corrected chi connectivity index (χ3v) is 5.13. The number of aromatic nitrogens is 2. The summed E-state index contributed by atoms with van der Waals surface area (Å²) in [7, 11) is -3.84. The molecule has 0 aliphatic heterocycles. The molecule has 0 bridgehead atoms. The minimum atomic E-state index is -3.84. The number of sulfone groups is 1. The zero-order valence-corrected chi connectivity index (χ0v) is 28.5. The zero-order chi connectivity index (χ0) is 38.2. The molecule has 0 aliphatic carbocycles. The van der Waals surface area contributed by atoms with E-state index >= 15 is 0 Å². The number of halogens is 2. The van der Waals surface area contributed by atoms with Gasteiger partial charge in [0.2, 0.25) is 0 Å². The van der Waals surface area contributed by atoms with Crippen LogP contribution in [0.4, 0.5) is 0 Å². The third kappa shape index (κ3) is 18.4. The van der Waals surface area contributed by atoms with Gasteiger partial charge in [-0.05, 0) is 74.1 Å². The largest absolute Gasteiger partial charge is 1.00 e. The fourth-order valence-electron chi connectivity index (χ4n) is 2.63. The summed E-state index contributed by atoms with van der Waals surface area (Å²) in [5.74, 6) is 0. The number of hydrogen-bond acceptors (Lipinski definition) is 5. The second-order valence-corrected chi connectivity index (χ2v) is 12.1. The van der Waals surface area contributed by atoms with Crippen LogP contribution in [0.15, 0.2) is 73.1 Å². The zero-order valence-electron chi connectivity index (χ0n) is 33.2. The summed E-state index contributed by atoms with van der Waals surface area (Å²) in [6, 6.07) is 17.7. The first kappa shape index (κ1) is 25.7. The molecule has 2 aromatic heterocycles. The average Bonchev–Trinajstić information content (AvgIpc) is 2.93. The molecule has 0 spiro atoms. The molecule has 216 valence electrons. The summed E-state index contributed by atoms with van der Waals surface area (Å²) < 4.78 is 83.1. The Morgan fingerprint density at radius 3 is 1.49 bits per heavy atom. The Bertz CT molecular complexity index is 1770. The van der Waals surface area contributed by atoms with E-state index in [4.69, 9.17) is 35.5 Å². The molecule has 2 heterocycles. The summed E-state index contributed by atoms with van der Waals surface area (Å²) in [4.78, 5) is 8.45. The second kappa shape index (κ2) is 18.0. The van der Waals surface area contributed by atoms with Crippen molar-refractivity contribution >= 4 is 33.0 Å². The van der Waals surface area contributed by atoms with Crippen LogP contribution in [-0.4, -0.2) is 36.4 Å². The Hall–Kier alpha value is -1.77. The van der Waals surface area contributed by atoms with Gasteiger partial charge in [-0.15, -0.1) is 5.60 Å². The quantitative estimate of drug-likeness (QED) is 0.295. The van der Waals surface area contributed by atoms with E-state index < -0.39 is 35.3 Å². The Labute approximate surface area is 291 Å². The molecule has 5 nitrogen and oxygen atoms in total. The van der Waals surface area contributed by atoms with Crippen molar-refractivity contribution in [2.75, 3.05) is 12.4 Å². The molecule has 0 amide bonds. The van der Waals surface area contributed by atoms with Crippen molar-refractivity contribution < 1.29 is 55.4 Å². The summed E-state index contributed by atoms with van der Waals surface area (Å²) in [5, 5.41) is 11.0. The molecule has 0 saturated heterocycles. The van der Waals surface area contributed by atoms with Gasteiger partial charge in [-0.25, -0.2) is 8.42 Å². The molecule has 0 unspecified atom stereocenters. The molecule has 0 radical (unpaired) electrons. The van der Waals surface area contributed by atoms with E-state index in [0.29, 0.717) is 17.5 Å². The molecule has 41 heavy (non-hydrogen) atoms. The standard InChI is InChI=1S/2C13H12ClN.C4H9O.C2H6O2S.Na/c2*1-9-3-6-13(15-8-9)11-5-4-10(2)12(14)7-11;1-4(2,3)5;1-5(2,3)4;/h2*3-8H,1-2H3;1-3H3;1-2H3;/q;;-1;;+1/i1D3,2D3;;;1D3;. The van der Waals surface area contributed by atoms with Crippen molar-refractivity contribution in [1.82, 2.24) is 9.97 Å². The summed E-state index contributed by atoms with van der Waals surface area (Å²) in [6.07, 6.45) is 0.990. The molecule has 9 heteroatoms. The predicted molar refractivity (Wildman–Crippen MR) is 169 cm³/mol. The van der Waals surface area contributed by atoms with Crippen LogP contribution in [0.5, 0.6) is 0 Å². The van der Waals surface area contributed by atoms with E-state index in [1.54, 1.807) is 32.9 Å². The van der Waals surface area contributed by atoms with Crippen LogP contribution in [-0.2, 0) is 9.84 Å². The van der Waals surface area contributed by atoms with Crippen LogP contribution < -0.4 is 34.7 Å². The average molecular weight is 635 g/mol. The summed E-state index contributed by atoms with van der Waals surface area (Å²) in [5.41, 5.74) is 4.91. The van der Waals surface area contributed by atoms with E-state index in [2.05, 4.69) is 16.0 Å². The van der Waals surface area contributed by atoms with E-state index in [-0.39, 0.29) is 45.7 Å². The third-order valence-electron chi connectivity index (χ3n) is 4.41. The number of pyridine rings is 2. The van der Waals surface area contributed by atoms with Crippen LogP contribution >= 0.6 is 23.2 Å². The molecule has 0 aliphatic rings. The van der Waals surface area contributed by atoms with Crippen LogP contribution in [0.1, 0.15) is 55.4 Å². The van der Waals surface area contributed by atoms with E-state index in [0.717, 1.165) is 27.4 Å². The molecule has 4 aromatic rings. The van der Waals surface area contributed by atoms with Gasteiger partial charge in [0.1, 0.15) is 9.84 Å². The first-order chi connectivity index (χ1) is 22.0. The maximum absolute atomic E-state index is 10.1. The smallest absolute Gasteiger partial charge is 0.850 e. The van der Waals surface area contributed by atoms with Crippen LogP contribution in [0.25, 0.3) is 22.5 Å².